The molecule has 0 spiro atoms. The minimum atomic E-state index is -2.08. The molecule has 4 heterocycles. The van der Waals surface area contributed by atoms with Crippen molar-refractivity contribution in [1.29, 1.82) is 0 Å². The van der Waals surface area contributed by atoms with Gasteiger partial charge in [0, 0.05) is 0 Å². The number of rotatable bonds is 18. The average Bonchev–Trinajstić information content (AvgIpc) is 3.71. The van der Waals surface area contributed by atoms with Crippen LogP contribution >= 0.6 is 45.3 Å². The summed E-state index contributed by atoms with van der Waals surface area (Å²) in [6, 6.07) is 9.95. The summed E-state index contributed by atoms with van der Waals surface area (Å²) >= 11 is 4.43. The van der Waals surface area contributed by atoms with Crippen LogP contribution in [0.1, 0.15) is 102 Å². The molecule has 0 unspecified atom stereocenters. The Morgan fingerprint density at radius 2 is 0.810 bits per heavy atom. The summed E-state index contributed by atoms with van der Waals surface area (Å²) in [7, 11) is 0. The van der Waals surface area contributed by atoms with Crippen molar-refractivity contribution < 1.29 is 0 Å². The number of fused-ring (bicyclic) bond motifs is 1. The standard InChI is InChI=1S/C30H38S4.6CH3.2Sn/c1-3-5-7-9-11-13-17-23-27(25-19-15-21-31-25)33-30-24(18-14-12-10-8-6-4-2)28(34-29(23)30)26-20-16-22-32-26;;;;;;;;/h15-16,19-20H,3-14,17-18H2,1-2H3;6*1H3;;. The zero-order valence-electron chi connectivity index (χ0n) is 27.8. The van der Waals surface area contributed by atoms with Crippen LogP contribution in [0.5, 0.6) is 0 Å². The van der Waals surface area contributed by atoms with E-state index in [4.69, 9.17) is 0 Å². The molecular formula is C36H56S4Sn2. The fourth-order valence-corrected chi connectivity index (χ4v) is 21.7. The summed E-state index contributed by atoms with van der Waals surface area (Å²) < 4.78 is 6.72. The van der Waals surface area contributed by atoms with Crippen molar-refractivity contribution in [1.82, 2.24) is 0 Å². The van der Waals surface area contributed by atoms with Crippen LogP contribution in [0.15, 0.2) is 24.3 Å². The average molecular weight is 855 g/mol. The molecule has 0 radical (unpaired) electrons. The Balaban J connectivity index is 1.74. The molecule has 0 amide bonds. The number of hydrogen-bond donors (Lipinski definition) is 0. The van der Waals surface area contributed by atoms with Crippen LogP contribution in [-0.4, -0.2) is 36.8 Å². The predicted octanol–water partition coefficient (Wildman–Crippen LogP) is 13.3. The molecule has 0 aliphatic rings. The van der Waals surface area contributed by atoms with Gasteiger partial charge in [-0.2, -0.15) is 0 Å². The van der Waals surface area contributed by atoms with Crippen molar-refractivity contribution in [3.63, 3.8) is 0 Å². The van der Waals surface area contributed by atoms with E-state index >= 15 is 0 Å². The molecule has 0 aliphatic carbocycles. The SMILES string of the molecule is CCCCCCCCc1c(-c2cc[c]([Sn]([CH3])([CH3])[CH3])s2)sc2c(CCCCCCCC)c(-c3cc[c]([Sn]([CH3])([CH3])[CH3])s3)sc12. The Kier molecular flexibility index (Phi) is 13.9. The molecule has 0 saturated carbocycles. The molecule has 4 aromatic rings. The number of hydrogen-bond acceptors (Lipinski definition) is 4. The molecule has 0 N–H and O–H groups in total. The van der Waals surface area contributed by atoms with E-state index in [1.54, 1.807) is 45.8 Å². The van der Waals surface area contributed by atoms with Gasteiger partial charge >= 0.3 is 272 Å². The van der Waals surface area contributed by atoms with E-state index in [2.05, 4.69) is 113 Å². The van der Waals surface area contributed by atoms with E-state index in [0.29, 0.717) is 0 Å². The molecule has 0 saturated heterocycles. The summed E-state index contributed by atoms with van der Waals surface area (Å²) in [5.74, 6) is 0. The Morgan fingerprint density at radius 1 is 0.452 bits per heavy atom. The molecule has 0 atom stereocenters. The van der Waals surface area contributed by atoms with E-state index in [1.807, 2.05) is 0 Å². The van der Waals surface area contributed by atoms with E-state index < -0.39 is 36.8 Å². The Bertz CT molecular complexity index is 1280. The van der Waals surface area contributed by atoms with Gasteiger partial charge in [0.15, 0.2) is 0 Å². The van der Waals surface area contributed by atoms with Crippen molar-refractivity contribution in [2.45, 2.75) is 133 Å². The van der Waals surface area contributed by atoms with Gasteiger partial charge in [-0.1, -0.05) is 13.8 Å². The topological polar surface area (TPSA) is 0 Å². The first-order chi connectivity index (χ1) is 20.0. The van der Waals surface area contributed by atoms with Crippen LogP contribution in [0.2, 0.25) is 29.6 Å². The van der Waals surface area contributed by atoms with E-state index in [0.717, 1.165) is 0 Å². The van der Waals surface area contributed by atoms with Gasteiger partial charge < -0.3 is 0 Å². The third-order valence-corrected chi connectivity index (χ3v) is 32.6. The first kappa shape index (κ1) is 35.5. The molecule has 42 heavy (non-hydrogen) atoms. The molecule has 4 rings (SSSR count). The number of thiophene rings is 4. The Morgan fingerprint density at radius 3 is 1.14 bits per heavy atom. The van der Waals surface area contributed by atoms with Gasteiger partial charge in [-0.15, -0.1) is 0 Å². The van der Waals surface area contributed by atoms with Crippen molar-refractivity contribution in [2.75, 3.05) is 0 Å². The molecule has 6 heteroatoms. The molecular weight excluding hydrogens is 798 g/mol. The molecule has 232 valence electrons. The molecule has 0 bridgehead atoms. The number of unbranched alkanes of at least 4 members (excludes halogenated alkanes) is 10. The second kappa shape index (κ2) is 16.5. The predicted molar refractivity (Wildman–Crippen MR) is 206 cm³/mol. The summed E-state index contributed by atoms with van der Waals surface area (Å²) in [4.78, 5) is 21.7. The molecule has 0 nitrogen and oxygen atoms in total. The minimum absolute atomic E-state index is 1.25. The number of aryl methyl sites for hydroxylation is 2. The second-order valence-corrected chi connectivity index (χ2v) is 49.4. The van der Waals surface area contributed by atoms with Gasteiger partial charge in [0.05, 0.1) is 0 Å². The fourth-order valence-electron chi connectivity index (χ4n) is 5.77. The second-order valence-electron chi connectivity index (χ2n) is 14.3. The first-order valence-corrected chi connectivity index (χ1v) is 40.1. The quantitative estimate of drug-likeness (QED) is 0.0691. The van der Waals surface area contributed by atoms with Gasteiger partial charge in [-0.25, -0.2) is 0 Å². The van der Waals surface area contributed by atoms with Crippen LogP contribution in [0.4, 0.5) is 0 Å². The molecule has 0 fully saturated rings. The van der Waals surface area contributed by atoms with Gasteiger partial charge in [0.25, 0.3) is 0 Å². The van der Waals surface area contributed by atoms with Crippen molar-refractivity contribution >= 4 is 97.3 Å². The van der Waals surface area contributed by atoms with Crippen LogP contribution in [0.25, 0.3) is 28.9 Å². The van der Waals surface area contributed by atoms with Gasteiger partial charge in [-0.05, 0) is 0 Å². The summed E-state index contributed by atoms with van der Waals surface area (Å²) in [6.45, 7) is 4.65. The molecule has 4 aromatic heterocycles. The van der Waals surface area contributed by atoms with Crippen LogP contribution in [-0.2, 0) is 12.8 Å². The van der Waals surface area contributed by atoms with Crippen molar-refractivity contribution in [2.24, 2.45) is 0 Å². The van der Waals surface area contributed by atoms with Gasteiger partial charge in [-0.3, -0.25) is 0 Å². The maximum absolute atomic E-state index is 2.57. The van der Waals surface area contributed by atoms with Gasteiger partial charge in [0.1, 0.15) is 0 Å². The molecule has 0 aromatic carbocycles. The normalized spacial score (nSPS) is 12.7. The van der Waals surface area contributed by atoms with Crippen LogP contribution in [0, 0.1) is 0 Å². The third-order valence-electron chi connectivity index (χ3n) is 8.41. The van der Waals surface area contributed by atoms with Crippen molar-refractivity contribution in [3.8, 4) is 19.5 Å². The fraction of sp³-hybridized carbons (Fsp3) is 0.611. The zero-order valence-corrected chi connectivity index (χ0v) is 36.8. The van der Waals surface area contributed by atoms with Gasteiger partial charge in [0.2, 0.25) is 0 Å². The Labute approximate surface area is 282 Å². The van der Waals surface area contributed by atoms with Crippen LogP contribution < -0.4 is 5.79 Å². The summed E-state index contributed by atoms with van der Waals surface area (Å²) in [6.07, 6.45) is 19.0. The zero-order chi connectivity index (χ0) is 30.3. The first-order valence-electron chi connectivity index (χ1n) is 16.8. The van der Waals surface area contributed by atoms with Crippen LogP contribution in [0.3, 0.4) is 0 Å². The monoisotopic (exact) mass is 856 g/mol. The van der Waals surface area contributed by atoms with E-state index in [1.165, 1.54) is 89.9 Å². The third kappa shape index (κ3) is 9.36. The Hall–Kier alpha value is 0.657. The van der Waals surface area contributed by atoms with E-state index in [-0.39, 0.29) is 0 Å². The maximum atomic E-state index is 2.57. The molecule has 0 aliphatic heterocycles. The summed E-state index contributed by atoms with van der Waals surface area (Å²) in [5.41, 5.74) is 3.38. The van der Waals surface area contributed by atoms with Crippen molar-refractivity contribution in [3.05, 3.63) is 35.4 Å². The van der Waals surface area contributed by atoms with E-state index in [9.17, 15) is 0 Å². The summed E-state index contributed by atoms with van der Waals surface area (Å²) in [5, 5.41) is 0.